The predicted octanol–water partition coefficient (Wildman–Crippen LogP) is 4.19. The highest BCUT2D eigenvalue weighted by Gasteiger charge is 2.41. The minimum absolute atomic E-state index is 0.0146. The summed E-state index contributed by atoms with van der Waals surface area (Å²) in [5.41, 5.74) is 0.551. The second-order valence-electron chi connectivity index (χ2n) is 9.71. The highest BCUT2D eigenvalue weighted by molar-refractivity contribution is 5.85. The number of carboxylic acid groups (broad SMARTS) is 1. The summed E-state index contributed by atoms with van der Waals surface area (Å²) in [6, 6.07) is 6.89. The Kier molecular flexibility index (Phi) is 8.75. The summed E-state index contributed by atoms with van der Waals surface area (Å²) in [6.45, 7) is 0.786. The van der Waals surface area contributed by atoms with Crippen molar-refractivity contribution in [3.8, 4) is 17.6 Å². The Labute approximate surface area is 223 Å². The van der Waals surface area contributed by atoms with E-state index >= 15 is 0 Å². The van der Waals surface area contributed by atoms with Gasteiger partial charge >= 0.3 is 5.97 Å². The van der Waals surface area contributed by atoms with Crippen LogP contribution in [0.5, 0.6) is 5.75 Å². The van der Waals surface area contributed by atoms with Gasteiger partial charge in [-0.2, -0.15) is 0 Å². The number of carboxylic acids is 1. The van der Waals surface area contributed by atoms with E-state index in [1.807, 2.05) is 4.90 Å². The van der Waals surface area contributed by atoms with Crippen LogP contribution in [0.3, 0.4) is 0 Å². The molecule has 3 aromatic rings. The van der Waals surface area contributed by atoms with Crippen molar-refractivity contribution in [3.05, 3.63) is 70.7 Å². The third kappa shape index (κ3) is 6.17. The number of pyridine rings is 1. The molecule has 1 aliphatic rings. The standard InChI is InChI=1S/C29H29F3N2O5/c1-39-20-4-5-24-21(15-20)26(19(17-35)16-33-24)25(36)6-7-29(28(37)38)8-11-34(12-9-29)10-2-3-18-13-22(30)27(32)23(31)14-18/h4-5,13-16,25,35-36H,6-12,17H2,1H3,(H,37,38). The van der Waals surface area contributed by atoms with Gasteiger partial charge in [0.05, 0.1) is 37.3 Å². The Bertz CT molecular complexity index is 1400. The molecule has 0 spiro atoms. The zero-order valence-electron chi connectivity index (χ0n) is 21.4. The SMILES string of the molecule is COc1ccc2ncc(CO)c(C(O)CCC3(C(=O)O)CCN(CC#Cc4cc(F)c(F)c(F)c4)CC3)c2c1. The highest BCUT2D eigenvalue weighted by Crippen LogP contribution is 2.40. The molecule has 1 fully saturated rings. The fraction of sp³-hybridized carbons (Fsp3) is 0.379. The first-order valence-corrected chi connectivity index (χ1v) is 12.5. The van der Waals surface area contributed by atoms with Crippen LogP contribution in [-0.4, -0.2) is 57.9 Å². The molecule has 0 radical (unpaired) electrons. The molecule has 2 aromatic carbocycles. The number of likely N-dealkylation sites (tertiary alicyclic amines) is 1. The number of fused-ring (bicyclic) bond motifs is 1. The molecule has 39 heavy (non-hydrogen) atoms. The van der Waals surface area contributed by atoms with Crippen molar-refractivity contribution in [1.29, 1.82) is 0 Å². The van der Waals surface area contributed by atoms with Crippen LogP contribution in [0.15, 0.2) is 36.5 Å². The molecule has 3 N–H and O–H groups in total. The maximum absolute atomic E-state index is 13.4. The number of benzene rings is 2. The van der Waals surface area contributed by atoms with E-state index in [1.54, 1.807) is 18.2 Å². The first-order chi connectivity index (χ1) is 18.7. The Morgan fingerprint density at radius 3 is 2.49 bits per heavy atom. The highest BCUT2D eigenvalue weighted by atomic mass is 19.2. The number of ether oxygens (including phenoxy) is 1. The number of carbonyl (C=O) groups is 1. The number of hydrogen-bond acceptors (Lipinski definition) is 6. The van der Waals surface area contributed by atoms with Crippen molar-refractivity contribution in [2.75, 3.05) is 26.7 Å². The van der Waals surface area contributed by atoms with Gasteiger partial charge in [-0.1, -0.05) is 11.8 Å². The van der Waals surface area contributed by atoms with E-state index in [0.29, 0.717) is 53.7 Å². The van der Waals surface area contributed by atoms with E-state index in [-0.39, 0.29) is 31.6 Å². The molecule has 10 heteroatoms. The number of rotatable bonds is 8. The van der Waals surface area contributed by atoms with Crippen molar-refractivity contribution in [3.63, 3.8) is 0 Å². The average Bonchev–Trinajstić information content (AvgIpc) is 2.94. The predicted molar refractivity (Wildman–Crippen MR) is 137 cm³/mol. The van der Waals surface area contributed by atoms with Crippen LogP contribution in [-0.2, 0) is 11.4 Å². The normalized spacial score (nSPS) is 15.9. The van der Waals surface area contributed by atoms with Gasteiger partial charge in [0.25, 0.3) is 0 Å². The van der Waals surface area contributed by atoms with Crippen molar-refractivity contribution >= 4 is 16.9 Å². The number of methoxy groups -OCH3 is 1. The molecule has 0 aliphatic carbocycles. The first-order valence-electron chi connectivity index (χ1n) is 12.5. The number of piperidine rings is 1. The lowest BCUT2D eigenvalue weighted by Gasteiger charge is -2.38. The average molecular weight is 543 g/mol. The van der Waals surface area contributed by atoms with Crippen molar-refractivity contribution in [1.82, 2.24) is 9.88 Å². The number of aliphatic hydroxyl groups excluding tert-OH is 2. The van der Waals surface area contributed by atoms with Gasteiger partial charge in [0.2, 0.25) is 0 Å². The lowest BCUT2D eigenvalue weighted by molar-refractivity contribution is -0.153. The largest absolute Gasteiger partial charge is 0.497 e. The summed E-state index contributed by atoms with van der Waals surface area (Å²) in [5, 5.41) is 31.8. The number of aliphatic hydroxyl groups is 2. The zero-order valence-corrected chi connectivity index (χ0v) is 21.4. The maximum Gasteiger partial charge on any atom is 0.309 e. The summed E-state index contributed by atoms with van der Waals surface area (Å²) in [5.74, 6) is 0.881. The smallest absolute Gasteiger partial charge is 0.309 e. The number of aromatic nitrogens is 1. The van der Waals surface area contributed by atoms with E-state index in [4.69, 9.17) is 4.74 Å². The molecule has 7 nitrogen and oxygen atoms in total. The maximum atomic E-state index is 13.4. The summed E-state index contributed by atoms with van der Waals surface area (Å²) < 4.78 is 45.2. The van der Waals surface area contributed by atoms with Gasteiger partial charge in [0, 0.05) is 35.8 Å². The van der Waals surface area contributed by atoms with Gasteiger partial charge < -0.3 is 20.1 Å². The van der Waals surface area contributed by atoms with Crippen LogP contribution in [0.2, 0.25) is 0 Å². The zero-order chi connectivity index (χ0) is 28.2. The summed E-state index contributed by atoms with van der Waals surface area (Å²) in [4.78, 5) is 18.6. The molecule has 206 valence electrons. The molecular formula is C29H29F3N2O5. The van der Waals surface area contributed by atoms with Crippen molar-refractivity contribution in [2.45, 2.75) is 38.4 Å². The lowest BCUT2D eigenvalue weighted by atomic mass is 9.74. The molecule has 0 saturated carbocycles. The van der Waals surface area contributed by atoms with E-state index in [0.717, 1.165) is 12.1 Å². The van der Waals surface area contributed by atoms with Crippen molar-refractivity contribution in [2.24, 2.45) is 5.41 Å². The number of halogens is 3. The van der Waals surface area contributed by atoms with Gasteiger partial charge in [-0.15, -0.1) is 0 Å². The minimum atomic E-state index is -1.55. The van der Waals surface area contributed by atoms with Gasteiger partial charge in [0.1, 0.15) is 5.75 Å². The number of aliphatic carboxylic acids is 1. The Balaban J connectivity index is 1.43. The molecule has 1 aliphatic heterocycles. The molecule has 1 saturated heterocycles. The van der Waals surface area contributed by atoms with Crippen LogP contribution >= 0.6 is 0 Å². The van der Waals surface area contributed by atoms with Crippen LogP contribution in [0.4, 0.5) is 13.2 Å². The first kappa shape index (κ1) is 28.4. The Morgan fingerprint density at radius 1 is 1.18 bits per heavy atom. The Morgan fingerprint density at radius 2 is 1.87 bits per heavy atom. The molecule has 4 rings (SSSR count). The van der Waals surface area contributed by atoms with E-state index in [2.05, 4.69) is 16.8 Å². The third-order valence-corrected chi connectivity index (χ3v) is 7.39. The van der Waals surface area contributed by atoms with Crippen LogP contribution in [0.25, 0.3) is 10.9 Å². The molecule has 1 unspecified atom stereocenters. The summed E-state index contributed by atoms with van der Waals surface area (Å²) >= 11 is 0. The quantitative estimate of drug-likeness (QED) is 0.290. The fourth-order valence-corrected chi connectivity index (χ4v) is 5.03. The lowest BCUT2D eigenvalue weighted by Crippen LogP contribution is -2.44. The van der Waals surface area contributed by atoms with Gasteiger partial charge in [-0.3, -0.25) is 14.7 Å². The van der Waals surface area contributed by atoms with Gasteiger partial charge in [0.15, 0.2) is 17.5 Å². The molecule has 0 amide bonds. The Hall–Kier alpha value is -3.65. The second-order valence-corrected chi connectivity index (χ2v) is 9.71. The van der Waals surface area contributed by atoms with Crippen LogP contribution in [0.1, 0.15) is 48.5 Å². The molecule has 2 heterocycles. The van der Waals surface area contributed by atoms with E-state index in [9.17, 15) is 33.3 Å². The topological polar surface area (TPSA) is 103 Å². The van der Waals surface area contributed by atoms with E-state index < -0.39 is 34.9 Å². The molecular weight excluding hydrogens is 513 g/mol. The molecule has 1 atom stereocenters. The van der Waals surface area contributed by atoms with E-state index in [1.165, 1.54) is 13.3 Å². The molecule has 1 aromatic heterocycles. The minimum Gasteiger partial charge on any atom is -0.497 e. The van der Waals surface area contributed by atoms with Crippen LogP contribution < -0.4 is 4.74 Å². The van der Waals surface area contributed by atoms with Gasteiger partial charge in [-0.05, 0) is 61.6 Å². The van der Waals surface area contributed by atoms with Crippen molar-refractivity contribution < 1.29 is 38.0 Å². The van der Waals surface area contributed by atoms with Crippen LogP contribution in [0, 0.1) is 34.7 Å². The fourth-order valence-electron chi connectivity index (χ4n) is 5.03. The van der Waals surface area contributed by atoms with Gasteiger partial charge in [-0.25, -0.2) is 13.2 Å². The summed E-state index contributed by atoms with van der Waals surface area (Å²) in [6.07, 6.45) is 1.52. The number of hydrogen-bond donors (Lipinski definition) is 3. The third-order valence-electron chi connectivity index (χ3n) is 7.39. The monoisotopic (exact) mass is 542 g/mol. The second kappa shape index (κ2) is 12.0. The number of nitrogens with zero attached hydrogens (tertiary/aromatic N) is 2. The summed E-state index contributed by atoms with van der Waals surface area (Å²) in [7, 11) is 1.53. The molecule has 0 bridgehead atoms.